The number of carbonyl (C=O) groups excluding carboxylic acids is 1. The highest BCUT2D eigenvalue weighted by molar-refractivity contribution is 5.78. The van der Waals surface area contributed by atoms with Crippen LogP contribution in [0.5, 0.6) is 0 Å². The molecule has 1 aliphatic heterocycles. The number of likely N-dealkylation sites (tertiary alicyclic amines) is 1. The predicted octanol–water partition coefficient (Wildman–Crippen LogP) is 0.739. The van der Waals surface area contributed by atoms with Gasteiger partial charge in [-0.25, -0.2) is 0 Å². The average molecular weight is 267 g/mol. The first-order valence-electron chi connectivity index (χ1n) is 6.16. The third kappa shape index (κ3) is 6.80. The number of halogens is 3. The zero-order valence-corrected chi connectivity index (χ0v) is 10.5. The number of nitrogens with zero attached hydrogens (tertiary/aromatic N) is 1. The van der Waals surface area contributed by atoms with E-state index in [2.05, 4.69) is 15.5 Å². The molecule has 2 N–H and O–H groups in total. The summed E-state index contributed by atoms with van der Waals surface area (Å²) in [6.07, 6.45) is -1.93. The second-order valence-electron chi connectivity index (χ2n) is 4.70. The monoisotopic (exact) mass is 267 g/mol. The highest BCUT2D eigenvalue weighted by atomic mass is 19.4. The molecule has 0 aliphatic carbocycles. The van der Waals surface area contributed by atoms with E-state index in [0.29, 0.717) is 0 Å². The summed E-state index contributed by atoms with van der Waals surface area (Å²) in [7, 11) is 0. The van der Waals surface area contributed by atoms with Crippen LogP contribution in [0.1, 0.15) is 19.8 Å². The summed E-state index contributed by atoms with van der Waals surface area (Å²) >= 11 is 0. The molecule has 1 heterocycles. The van der Waals surface area contributed by atoms with Crippen LogP contribution in [0.15, 0.2) is 0 Å². The fraction of sp³-hybridized carbons (Fsp3) is 0.909. The van der Waals surface area contributed by atoms with E-state index in [0.717, 1.165) is 19.6 Å². The van der Waals surface area contributed by atoms with Crippen molar-refractivity contribution in [2.24, 2.45) is 0 Å². The van der Waals surface area contributed by atoms with Gasteiger partial charge in [0.15, 0.2) is 0 Å². The van der Waals surface area contributed by atoms with Gasteiger partial charge >= 0.3 is 6.18 Å². The van der Waals surface area contributed by atoms with Crippen LogP contribution in [0.4, 0.5) is 13.2 Å². The van der Waals surface area contributed by atoms with Gasteiger partial charge in [-0.15, -0.1) is 0 Å². The summed E-state index contributed by atoms with van der Waals surface area (Å²) in [5.74, 6) is -0.397. The van der Waals surface area contributed by atoms with E-state index in [9.17, 15) is 18.0 Å². The summed E-state index contributed by atoms with van der Waals surface area (Å²) in [5.41, 5.74) is 0. The Morgan fingerprint density at radius 2 is 1.94 bits per heavy atom. The van der Waals surface area contributed by atoms with Gasteiger partial charge in [0.2, 0.25) is 5.91 Å². The Morgan fingerprint density at radius 3 is 2.50 bits per heavy atom. The average Bonchev–Trinajstić information content (AvgIpc) is 2.67. The molecule has 1 aliphatic rings. The number of alkyl halides is 3. The molecule has 0 radical (unpaired) electrons. The first kappa shape index (κ1) is 15.2. The number of rotatable bonds is 6. The van der Waals surface area contributed by atoms with Crippen LogP contribution in [0.25, 0.3) is 0 Å². The van der Waals surface area contributed by atoms with Gasteiger partial charge in [0.05, 0.1) is 13.1 Å². The van der Waals surface area contributed by atoms with Crippen molar-refractivity contribution in [2.45, 2.75) is 32.0 Å². The molecule has 0 bridgehead atoms. The summed E-state index contributed by atoms with van der Waals surface area (Å²) in [5, 5.41) is 4.76. The lowest BCUT2D eigenvalue weighted by Crippen LogP contribution is -2.45. The van der Waals surface area contributed by atoms with Crippen molar-refractivity contribution in [3.8, 4) is 0 Å². The van der Waals surface area contributed by atoms with Crippen molar-refractivity contribution in [3.63, 3.8) is 0 Å². The number of carbonyl (C=O) groups is 1. The molecule has 1 fully saturated rings. The van der Waals surface area contributed by atoms with E-state index in [1.807, 2.05) is 6.92 Å². The maximum absolute atomic E-state index is 11.8. The summed E-state index contributed by atoms with van der Waals surface area (Å²) in [6.45, 7) is 3.24. The van der Waals surface area contributed by atoms with Crippen LogP contribution in [-0.2, 0) is 4.79 Å². The van der Waals surface area contributed by atoms with Crippen molar-refractivity contribution in [3.05, 3.63) is 0 Å². The Kier molecular flexibility index (Phi) is 5.87. The SMILES string of the molecule is CC(CN1CCCC1)NC(=O)CNCC(F)(F)F. The highest BCUT2D eigenvalue weighted by Crippen LogP contribution is 2.11. The number of hydrogen-bond acceptors (Lipinski definition) is 3. The molecule has 1 unspecified atom stereocenters. The molecule has 7 heteroatoms. The molecule has 106 valence electrons. The quantitative estimate of drug-likeness (QED) is 0.746. The van der Waals surface area contributed by atoms with E-state index in [-0.39, 0.29) is 12.6 Å². The Hall–Kier alpha value is -0.820. The fourth-order valence-electron chi connectivity index (χ4n) is 2.04. The van der Waals surface area contributed by atoms with E-state index >= 15 is 0 Å². The Labute approximate surface area is 105 Å². The minimum Gasteiger partial charge on any atom is -0.351 e. The van der Waals surface area contributed by atoms with Gasteiger partial charge in [-0.1, -0.05) is 0 Å². The Bertz CT molecular complexity index is 265. The van der Waals surface area contributed by atoms with Gasteiger partial charge in [-0.05, 0) is 32.9 Å². The first-order chi connectivity index (χ1) is 8.37. The molecule has 4 nitrogen and oxygen atoms in total. The van der Waals surface area contributed by atoms with Crippen molar-refractivity contribution < 1.29 is 18.0 Å². The predicted molar refractivity (Wildman–Crippen MR) is 62.2 cm³/mol. The number of hydrogen-bond donors (Lipinski definition) is 2. The molecule has 0 aromatic rings. The smallest absolute Gasteiger partial charge is 0.351 e. The molecule has 1 rings (SSSR count). The molecule has 0 spiro atoms. The molecule has 1 amide bonds. The van der Waals surface area contributed by atoms with Crippen molar-refractivity contribution in [1.82, 2.24) is 15.5 Å². The van der Waals surface area contributed by atoms with Gasteiger partial charge in [-0.3, -0.25) is 4.79 Å². The molecule has 18 heavy (non-hydrogen) atoms. The summed E-state index contributed by atoms with van der Waals surface area (Å²) < 4.78 is 35.5. The lowest BCUT2D eigenvalue weighted by Gasteiger charge is -2.21. The summed E-state index contributed by atoms with van der Waals surface area (Å²) in [4.78, 5) is 13.6. The van der Waals surface area contributed by atoms with E-state index in [1.165, 1.54) is 12.8 Å². The van der Waals surface area contributed by atoms with Gasteiger partial charge in [-0.2, -0.15) is 13.2 Å². The normalized spacial score (nSPS) is 18.9. The maximum Gasteiger partial charge on any atom is 0.401 e. The van der Waals surface area contributed by atoms with E-state index in [4.69, 9.17) is 0 Å². The van der Waals surface area contributed by atoms with Crippen molar-refractivity contribution >= 4 is 5.91 Å². The second kappa shape index (κ2) is 6.94. The Morgan fingerprint density at radius 1 is 1.33 bits per heavy atom. The van der Waals surface area contributed by atoms with Crippen molar-refractivity contribution in [1.29, 1.82) is 0 Å². The topological polar surface area (TPSA) is 44.4 Å². The molecule has 0 aromatic carbocycles. The standard InChI is InChI=1S/C11H20F3N3O/c1-9(7-17-4-2-3-5-17)16-10(18)6-15-8-11(12,13)14/h9,15H,2-8H2,1H3,(H,16,18). The zero-order chi connectivity index (χ0) is 13.6. The van der Waals surface area contributed by atoms with Crippen LogP contribution in [0.3, 0.4) is 0 Å². The van der Waals surface area contributed by atoms with Crippen LogP contribution in [0, 0.1) is 0 Å². The molecular weight excluding hydrogens is 247 g/mol. The maximum atomic E-state index is 11.8. The summed E-state index contributed by atoms with van der Waals surface area (Å²) in [6, 6.07) is -0.0386. The van der Waals surface area contributed by atoms with Gasteiger partial charge < -0.3 is 15.5 Å². The first-order valence-corrected chi connectivity index (χ1v) is 6.16. The lowest BCUT2D eigenvalue weighted by molar-refractivity contribution is -0.128. The van der Waals surface area contributed by atoms with Gasteiger partial charge in [0.1, 0.15) is 0 Å². The van der Waals surface area contributed by atoms with Crippen LogP contribution < -0.4 is 10.6 Å². The van der Waals surface area contributed by atoms with Crippen LogP contribution in [0.2, 0.25) is 0 Å². The third-order valence-electron chi connectivity index (χ3n) is 2.75. The minimum absolute atomic E-state index is 0.0386. The highest BCUT2D eigenvalue weighted by Gasteiger charge is 2.26. The van der Waals surface area contributed by atoms with E-state index < -0.39 is 18.6 Å². The van der Waals surface area contributed by atoms with Crippen LogP contribution >= 0.6 is 0 Å². The molecular formula is C11H20F3N3O. The van der Waals surface area contributed by atoms with Crippen molar-refractivity contribution in [2.75, 3.05) is 32.7 Å². The molecule has 0 saturated carbocycles. The lowest BCUT2D eigenvalue weighted by atomic mass is 10.3. The Balaban J connectivity index is 2.11. The zero-order valence-electron chi connectivity index (χ0n) is 10.5. The van der Waals surface area contributed by atoms with Crippen LogP contribution in [-0.4, -0.2) is 55.7 Å². The number of nitrogens with one attached hydrogen (secondary N) is 2. The molecule has 1 saturated heterocycles. The molecule has 1 atom stereocenters. The van der Waals surface area contributed by atoms with Gasteiger partial charge in [0, 0.05) is 12.6 Å². The second-order valence-corrected chi connectivity index (χ2v) is 4.70. The third-order valence-corrected chi connectivity index (χ3v) is 2.75. The molecule has 0 aromatic heterocycles. The van der Waals surface area contributed by atoms with E-state index in [1.54, 1.807) is 0 Å². The largest absolute Gasteiger partial charge is 0.401 e. The van der Waals surface area contributed by atoms with Gasteiger partial charge in [0.25, 0.3) is 0 Å². The minimum atomic E-state index is -4.28. The number of amides is 1. The fourth-order valence-corrected chi connectivity index (χ4v) is 2.04.